The number of hydrogen-bond acceptors (Lipinski definition) is 6. The number of benzene rings is 2. The van der Waals surface area contributed by atoms with E-state index >= 15 is 0 Å². The monoisotopic (exact) mass is 336 g/mol. The van der Waals surface area contributed by atoms with Crippen molar-refractivity contribution in [1.82, 2.24) is 0 Å². The van der Waals surface area contributed by atoms with E-state index in [0.29, 0.717) is 11.4 Å². The van der Waals surface area contributed by atoms with Crippen molar-refractivity contribution >= 4 is 27.5 Å². The number of methoxy groups -OCH3 is 1. The molecule has 0 radical (unpaired) electrons. The number of hydrogen-bond donors (Lipinski definition) is 2. The molecule has 2 aromatic rings. The van der Waals surface area contributed by atoms with Crippen LogP contribution in [0.4, 0.5) is 11.4 Å². The van der Waals surface area contributed by atoms with Crippen molar-refractivity contribution < 1.29 is 27.6 Å². The zero-order valence-electron chi connectivity index (χ0n) is 11.9. The second-order valence-corrected chi connectivity index (χ2v) is 5.78. The molecule has 23 heavy (non-hydrogen) atoms. The van der Waals surface area contributed by atoms with Gasteiger partial charge in [-0.15, -0.1) is 0 Å². The lowest BCUT2D eigenvalue weighted by molar-refractivity contribution is 0.0693. The number of azo groups is 1. The third-order valence-corrected chi connectivity index (χ3v) is 3.70. The van der Waals surface area contributed by atoms with Crippen molar-refractivity contribution in [3.8, 4) is 5.75 Å². The standard InChI is InChI=1S/C14H12N2O6S/c1-22-13-7-4-10(8-12(13)14(17)18)16-15-9-2-5-11(6-3-9)23(19,20)21/h2-8H,1H3,(H,17,18)(H,19,20,21). The Morgan fingerprint density at radius 2 is 1.61 bits per heavy atom. The van der Waals surface area contributed by atoms with Gasteiger partial charge in [-0.25, -0.2) is 4.79 Å². The summed E-state index contributed by atoms with van der Waals surface area (Å²) in [5.41, 5.74) is 0.581. The summed E-state index contributed by atoms with van der Waals surface area (Å²) in [5, 5.41) is 16.8. The van der Waals surface area contributed by atoms with E-state index in [-0.39, 0.29) is 16.2 Å². The minimum absolute atomic E-state index is 0.0503. The molecular weight excluding hydrogens is 324 g/mol. The Bertz CT molecular complexity index is 859. The highest BCUT2D eigenvalue weighted by Crippen LogP contribution is 2.26. The number of ether oxygens (including phenoxy) is 1. The Morgan fingerprint density at radius 1 is 1.04 bits per heavy atom. The van der Waals surface area contributed by atoms with Gasteiger partial charge in [0.15, 0.2) is 0 Å². The first kappa shape index (κ1) is 16.6. The second kappa shape index (κ2) is 6.55. The molecule has 120 valence electrons. The summed E-state index contributed by atoms with van der Waals surface area (Å²) in [6.07, 6.45) is 0. The van der Waals surface area contributed by atoms with Crippen molar-refractivity contribution in [3.05, 3.63) is 48.0 Å². The van der Waals surface area contributed by atoms with Crippen LogP contribution in [-0.2, 0) is 10.1 Å². The van der Waals surface area contributed by atoms with Gasteiger partial charge in [0.1, 0.15) is 11.3 Å². The maximum absolute atomic E-state index is 11.1. The molecule has 0 heterocycles. The van der Waals surface area contributed by atoms with Crippen molar-refractivity contribution in [3.63, 3.8) is 0 Å². The molecule has 0 aliphatic heterocycles. The number of aromatic carboxylic acids is 1. The molecule has 0 aliphatic rings. The molecule has 0 saturated carbocycles. The largest absolute Gasteiger partial charge is 0.496 e. The van der Waals surface area contributed by atoms with E-state index in [1.54, 1.807) is 0 Å². The zero-order chi connectivity index (χ0) is 17.0. The lowest BCUT2D eigenvalue weighted by Crippen LogP contribution is -1.99. The predicted octanol–water partition coefficient (Wildman–Crippen LogP) is 3.06. The first-order chi connectivity index (χ1) is 10.8. The molecule has 0 fully saturated rings. The summed E-state index contributed by atoms with van der Waals surface area (Å²) in [6, 6.07) is 9.36. The highest BCUT2D eigenvalue weighted by molar-refractivity contribution is 7.85. The third-order valence-electron chi connectivity index (χ3n) is 2.83. The van der Waals surface area contributed by atoms with Crippen LogP contribution in [0.25, 0.3) is 0 Å². The summed E-state index contributed by atoms with van der Waals surface area (Å²) < 4.78 is 35.6. The van der Waals surface area contributed by atoms with Crippen molar-refractivity contribution in [1.29, 1.82) is 0 Å². The summed E-state index contributed by atoms with van der Waals surface area (Å²) in [5.74, 6) is -0.953. The van der Waals surface area contributed by atoms with Crippen LogP contribution in [0.1, 0.15) is 10.4 Å². The van der Waals surface area contributed by atoms with Crippen LogP contribution in [0.3, 0.4) is 0 Å². The molecular formula is C14H12N2O6S. The molecule has 2 N–H and O–H groups in total. The Morgan fingerprint density at radius 3 is 2.13 bits per heavy atom. The van der Waals surface area contributed by atoms with Gasteiger partial charge in [-0.3, -0.25) is 4.55 Å². The average molecular weight is 336 g/mol. The smallest absolute Gasteiger partial charge is 0.339 e. The van der Waals surface area contributed by atoms with Gasteiger partial charge in [0, 0.05) is 0 Å². The van der Waals surface area contributed by atoms with Crippen LogP contribution in [-0.4, -0.2) is 31.2 Å². The highest BCUT2D eigenvalue weighted by Gasteiger charge is 2.11. The van der Waals surface area contributed by atoms with Gasteiger partial charge in [-0.05, 0) is 42.5 Å². The molecule has 2 aromatic carbocycles. The molecule has 0 spiro atoms. The summed E-state index contributed by atoms with van der Waals surface area (Å²) >= 11 is 0. The van der Waals surface area contributed by atoms with Gasteiger partial charge in [-0.2, -0.15) is 18.6 Å². The van der Waals surface area contributed by atoms with E-state index in [1.165, 1.54) is 49.6 Å². The molecule has 0 bridgehead atoms. The molecule has 0 amide bonds. The van der Waals surface area contributed by atoms with E-state index in [4.69, 9.17) is 14.4 Å². The molecule has 0 atom stereocenters. The number of carbonyl (C=O) groups is 1. The molecule has 0 unspecified atom stereocenters. The normalized spacial score (nSPS) is 11.6. The topological polar surface area (TPSA) is 126 Å². The summed E-state index contributed by atoms with van der Waals surface area (Å²) in [6.45, 7) is 0. The lowest BCUT2D eigenvalue weighted by atomic mass is 10.2. The van der Waals surface area contributed by atoms with Crippen molar-refractivity contribution in [2.75, 3.05) is 7.11 Å². The number of carboxylic acid groups (broad SMARTS) is 1. The van der Waals surface area contributed by atoms with Gasteiger partial charge in [0.2, 0.25) is 0 Å². The first-order valence-electron chi connectivity index (χ1n) is 6.22. The van der Waals surface area contributed by atoms with Gasteiger partial charge in [0.05, 0.1) is 23.4 Å². The number of rotatable bonds is 5. The maximum atomic E-state index is 11.1. The number of carboxylic acids is 1. The Hall–Kier alpha value is -2.78. The van der Waals surface area contributed by atoms with Crippen LogP contribution in [0.15, 0.2) is 57.6 Å². The Labute approximate surface area is 131 Å². The van der Waals surface area contributed by atoms with Gasteiger partial charge < -0.3 is 9.84 Å². The molecule has 0 aromatic heterocycles. The van der Waals surface area contributed by atoms with Crippen molar-refractivity contribution in [2.45, 2.75) is 4.90 Å². The van der Waals surface area contributed by atoms with E-state index < -0.39 is 16.1 Å². The molecule has 0 aliphatic carbocycles. The van der Waals surface area contributed by atoms with E-state index in [2.05, 4.69) is 10.2 Å². The fraction of sp³-hybridized carbons (Fsp3) is 0.0714. The summed E-state index contributed by atoms with van der Waals surface area (Å²) in [7, 11) is -2.90. The zero-order valence-corrected chi connectivity index (χ0v) is 12.7. The number of nitrogens with zero attached hydrogens (tertiary/aromatic N) is 2. The van der Waals surface area contributed by atoms with Crippen LogP contribution >= 0.6 is 0 Å². The van der Waals surface area contributed by atoms with E-state index in [1.807, 2.05) is 0 Å². The van der Waals surface area contributed by atoms with Crippen LogP contribution in [0.2, 0.25) is 0 Å². The van der Waals surface area contributed by atoms with E-state index in [9.17, 15) is 13.2 Å². The van der Waals surface area contributed by atoms with Crippen LogP contribution in [0.5, 0.6) is 5.75 Å². The fourth-order valence-electron chi connectivity index (χ4n) is 1.73. The van der Waals surface area contributed by atoms with Gasteiger partial charge >= 0.3 is 5.97 Å². The minimum Gasteiger partial charge on any atom is -0.496 e. The quantitative estimate of drug-likeness (QED) is 0.638. The average Bonchev–Trinajstić information content (AvgIpc) is 2.52. The minimum atomic E-state index is -4.26. The maximum Gasteiger partial charge on any atom is 0.339 e. The Kier molecular flexibility index (Phi) is 4.72. The van der Waals surface area contributed by atoms with Crippen molar-refractivity contribution in [2.24, 2.45) is 10.2 Å². The second-order valence-electron chi connectivity index (χ2n) is 4.36. The highest BCUT2D eigenvalue weighted by atomic mass is 32.2. The molecule has 2 rings (SSSR count). The van der Waals surface area contributed by atoms with Crippen LogP contribution < -0.4 is 4.74 Å². The SMILES string of the molecule is COc1ccc(N=Nc2ccc(S(=O)(=O)O)cc2)cc1C(=O)O. The molecule has 8 nitrogen and oxygen atoms in total. The van der Waals surface area contributed by atoms with Gasteiger partial charge in [0.25, 0.3) is 10.1 Å². The van der Waals surface area contributed by atoms with Gasteiger partial charge in [-0.1, -0.05) is 0 Å². The summed E-state index contributed by atoms with van der Waals surface area (Å²) in [4.78, 5) is 10.9. The molecule has 9 heteroatoms. The third kappa shape index (κ3) is 4.11. The predicted molar refractivity (Wildman–Crippen MR) is 80.4 cm³/mol. The lowest BCUT2D eigenvalue weighted by Gasteiger charge is -2.04. The van der Waals surface area contributed by atoms with E-state index in [0.717, 1.165) is 0 Å². The van der Waals surface area contributed by atoms with Crippen LogP contribution in [0, 0.1) is 0 Å². The fourth-order valence-corrected chi connectivity index (χ4v) is 2.21. The first-order valence-corrected chi connectivity index (χ1v) is 7.66. The Balaban J connectivity index is 2.26. The molecule has 0 saturated heterocycles.